The third kappa shape index (κ3) is 4.41. The van der Waals surface area contributed by atoms with Crippen molar-refractivity contribution < 1.29 is 5.84 Å². The summed E-state index contributed by atoms with van der Waals surface area (Å²) in [6.45, 7) is 9.55. The second kappa shape index (κ2) is 12.6. The van der Waals surface area contributed by atoms with Gasteiger partial charge in [-0.3, -0.25) is 0 Å². The van der Waals surface area contributed by atoms with Crippen LogP contribution in [0.25, 0.3) is 66.4 Å². The molecule has 0 amide bonds. The van der Waals surface area contributed by atoms with Crippen molar-refractivity contribution in [2.45, 2.75) is 51.4 Å². The van der Waals surface area contributed by atoms with Gasteiger partial charge in [-0.2, -0.15) is 0 Å². The molecule has 64 heavy (non-hydrogen) atoms. The first kappa shape index (κ1) is 37.2. The van der Waals surface area contributed by atoms with Crippen molar-refractivity contribution >= 4 is 39.0 Å². The maximum Gasteiger partial charge on any atom is 0.143 e. The van der Waals surface area contributed by atoms with Gasteiger partial charge in [0.2, 0.25) is 0 Å². The Morgan fingerprint density at radius 1 is 0.391 bits per heavy atom. The fourth-order valence-electron chi connectivity index (χ4n) is 12.7. The Morgan fingerprint density at radius 3 is 1.50 bits per heavy atom. The zero-order chi connectivity index (χ0) is 42.0. The SMILES string of the molecule is C.CC1(C)c2ccccc2-c2ccc(N(c3ccc4c(c3)C(C)(C)c3ccccc3-4)c3cccc4c3C3(c5ccccc5-4)c4ccccc4-c4c3ccc3c4oc4ccccc43)cc21.[HH]. The van der Waals surface area contributed by atoms with Crippen molar-refractivity contribution in [3.63, 3.8) is 0 Å². The van der Waals surface area contributed by atoms with Crippen LogP contribution in [0.2, 0.25) is 0 Å². The quantitative estimate of drug-likeness (QED) is 0.176. The molecule has 1 heterocycles. The van der Waals surface area contributed by atoms with Crippen molar-refractivity contribution in [3.8, 4) is 44.5 Å². The number of rotatable bonds is 3. The van der Waals surface area contributed by atoms with Crippen molar-refractivity contribution in [2.75, 3.05) is 4.90 Å². The van der Waals surface area contributed by atoms with E-state index < -0.39 is 5.41 Å². The Hall–Kier alpha value is -7.42. The number of fused-ring (bicyclic) bond motifs is 20. The highest BCUT2D eigenvalue weighted by Crippen LogP contribution is 2.67. The van der Waals surface area contributed by atoms with E-state index >= 15 is 0 Å². The van der Waals surface area contributed by atoms with Gasteiger partial charge in [0.25, 0.3) is 0 Å². The van der Waals surface area contributed by atoms with E-state index in [1.807, 2.05) is 0 Å². The predicted molar refractivity (Wildman–Crippen MR) is 269 cm³/mol. The smallest absolute Gasteiger partial charge is 0.143 e. The lowest BCUT2D eigenvalue weighted by atomic mass is 9.70. The van der Waals surface area contributed by atoms with Crippen LogP contribution in [0, 0.1) is 0 Å². The van der Waals surface area contributed by atoms with E-state index in [1.54, 1.807) is 0 Å². The number of anilines is 3. The van der Waals surface area contributed by atoms with Crippen molar-refractivity contribution in [2.24, 2.45) is 0 Å². The van der Waals surface area contributed by atoms with Gasteiger partial charge in [-0.1, -0.05) is 187 Å². The summed E-state index contributed by atoms with van der Waals surface area (Å²) >= 11 is 0. The first-order valence-electron chi connectivity index (χ1n) is 22.3. The van der Waals surface area contributed by atoms with Crippen LogP contribution in [0.5, 0.6) is 0 Å². The van der Waals surface area contributed by atoms with E-state index in [1.165, 1.54) is 94.7 Å². The molecule has 0 saturated carbocycles. The van der Waals surface area contributed by atoms with E-state index in [4.69, 9.17) is 4.42 Å². The van der Waals surface area contributed by atoms with Crippen molar-refractivity contribution in [1.29, 1.82) is 0 Å². The molecule has 1 aromatic heterocycles. The largest absolute Gasteiger partial charge is 0.455 e. The molecular formula is C62H49NO. The number of benzene rings is 9. The monoisotopic (exact) mass is 823 g/mol. The van der Waals surface area contributed by atoms with Gasteiger partial charge >= 0.3 is 0 Å². The Kier molecular flexibility index (Phi) is 7.32. The standard InChI is InChI=1S/C61H43NO.CH4.H2/c1-59(2)47-22-10-5-16-38(47)41-30-28-36(34-52(41)59)62(37-29-31-42-39-17-6-11-23-48(39)60(3,4)53(42)35-37)54-26-15-21-44-40-18-7-12-24-49(40)61(57(44)54)50-25-13-8-20-46(50)56-51(61)33-32-45-43-19-9-14-27-55(43)63-58(45)56;;/h5-35H,1-4H3;1H4;1H. The zero-order valence-corrected chi connectivity index (χ0v) is 35.8. The highest BCUT2D eigenvalue weighted by molar-refractivity contribution is 6.13. The number of hydrogen-bond acceptors (Lipinski definition) is 2. The fraction of sp³-hybridized carbons (Fsp3) is 0.129. The van der Waals surface area contributed by atoms with Crippen LogP contribution < -0.4 is 4.90 Å². The first-order valence-corrected chi connectivity index (χ1v) is 22.3. The minimum atomic E-state index is -0.613. The lowest BCUT2D eigenvalue weighted by Gasteiger charge is -2.36. The summed E-state index contributed by atoms with van der Waals surface area (Å²) in [6, 6.07) is 70.9. The van der Waals surface area contributed by atoms with Crippen LogP contribution in [-0.2, 0) is 16.2 Å². The number of para-hydroxylation sites is 1. The van der Waals surface area contributed by atoms with Crippen molar-refractivity contribution in [1.82, 2.24) is 0 Å². The lowest BCUT2D eigenvalue weighted by Crippen LogP contribution is -2.28. The molecule has 0 saturated heterocycles. The molecule has 0 aliphatic heterocycles. The maximum atomic E-state index is 6.91. The number of hydrogen-bond donors (Lipinski definition) is 0. The average Bonchev–Trinajstić information content (AvgIpc) is 4.06. The Balaban J connectivity index is 0.00000222. The lowest BCUT2D eigenvalue weighted by molar-refractivity contribution is 0.660. The third-order valence-electron chi connectivity index (χ3n) is 15.5. The van der Waals surface area contributed by atoms with E-state index in [0.29, 0.717) is 0 Å². The second-order valence-corrected chi connectivity index (χ2v) is 19.1. The summed E-state index contributed by atoms with van der Waals surface area (Å²) in [5.41, 5.74) is 25.4. The normalized spacial score (nSPS) is 16.9. The molecule has 1 atom stereocenters. The van der Waals surface area contributed by atoms with E-state index in [9.17, 15) is 0 Å². The van der Waals surface area contributed by atoms with Gasteiger partial charge < -0.3 is 9.32 Å². The summed E-state index contributed by atoms with van der Waals surface area (Å²) in [5, 5.41) is 2.30. The van der Waals surface area contributed by atoms with Crippen LogP contribution in [-0.4, -0.2) is 0 Å². The summed E-state index contributed by atoms with van der Waals surface area (Å²) in [5.74, 6) is 0. The molecule has 1 unspecified atom stereocenters. The summed E-state index contributed by atoms with van der Waals surface area (Å²) in [6.07, 6.45) is 0. The second-order valence-electron chi connectivity index (χ2n) is 19.1. The minimum absolute atomic E-state index is 0. The minimum Gasteiger partial charge on any atom is -0.455 e. The number of furan rings is 1. The molecule has 14 rings (SSSR count). The third-order valence-corrected chi connectivity index (χ3v) is 15.5. The van der Waals surface area contributed by atoms with E-state index in [0.717, 1.165) is 33.3 Å². The van der Waals surface area contributed by atoms with Gasteiger partial charge in [0.05, 0.1) is 11.1 Å². The molecule has 4 aliphatic carbocycles. The van der Waals surface area contributed by atoms with Gasteiger partial charge in [-0.05, 0) is 114 Å². The molecule has 10 aromatic rings. The molecule has 1 spiro atoms. The summed E-state index contributed by atoms with van der Waals surface area (Å²) in [7, 11) is 0. The number of nitrogens with zero attached hydrogens (tertiary/aromatic N) is 1. The molecule has 4 aliphatic rings. The topological polar surface area (TPSA) is 16.4 Å². The summed E-state index contributed by atoms with van der Waals surface area (Å²) in [4.78, 5) is 2.59. The Labute approximate surface area is 376 Å². The highest BCUT2D eigenvalue weighted by atomic mass is 16.3. The summed E-state index contributed by atoms with van der Waals surface area (Å²) < 4.78 is 6.91. The van der Waals surface area contributed by atoms with Crippen LogP contribution in [0.3, 0.4) is 0 Å². The highest BCUT2D eigenvalue weighted by Gasteiger charge is 2.54. The maximum absolute atomic E-state index is 6.91. The first-order chi connectivity index (χ1) is 30.8. The molecule has 0 fully saturated rings. The Morgan fingerprint density at radius 2 is 0.875 bits per heavy atom. The van der Waals surface area contributed by atoms with Gasteiger partial charge in [-0.15, -0.1) is 0 Å². The van der Waals surface area contributed by atoms with Crippen LogP contribution in [0.4, 0.5) is 17.1 Å². The molecule has 2 heteroatoms. The van der Waals surface area contributed by atoms with Gasteiger partial charge in [0.15, 0.2) is 0 Å². The van der Waals surface area contributed by atoms with Crippen LogP contribution in [0.1, 0.15) is 81.1 Å². The van der Waals surface area contributed by atoms with Gasteiger partial charge in [0.1, 0.15) is 11.2 Å². The molecular weight excluding hydrogens is 775 g/mol. The van der Waals surface area contributed by atoms with Crippen LogP contribution in [0.15, 0.2) is 192 Å². The molecule has 2 nitrogen and oxygen atoms in total. The molecule has 9 aromatic carbocycles. The van der Waals surface area contributed by atoms with Gasteiger partial charge in [0, 0.05) is 45.5 Å². The molecule has 0 bridgehead atoms. The molecule has 308 valence electrons. The van der Waals surface area contributed by atoms with Gasteiger partial charge in [-0.25, -0.2) is 0 Å². The van der Waals surface area contributed by atoms with E-state index in [2.05, 4.69) is 221 Å². The average molecular weight is 824 g/mol. The van der Waals surface area contributed by atoms with E-state index in [-0.39, 0.29) is 19.7 Å². The predicted octanol–water partition coefficient (Wildman–Crippen LogP) is 16.9. The molecule has 0 radical (unpaired) electrons. The van der Waals surface area contributed by atoms with Crippen LogP contribution >= 0.6 is 0 Å². The Bertz CT molecular complexity index is 3550. The van der Waals surface area contributed by atoms with Crippen molar-refractivity contribution in [3.05, 3.63) is 233 Å². The fourth-order valence-corrected chi connectivity index (χ4v) is 12.7. The zero-order valence-electron chi connectivity index (χ0n) is 35.8. The molecule has 0 N–H and O–H groups in total.